The molecule has 3 rings (SSSR count). The Morgan fingerprint density at radius 3 is 2.48 bits per heavy atom. The van der Waals surface area contributed by atoms with Gasteiger partial charge in [0, 0.05) is 41.1 Å². The highest BCUT2D eigenvalue weighted by Gasteiger charge is 2.23. The maximum absolute atomic E-state index is 13.0. The average molecular weight is 499 g/mol. The summed E-state index contributed by atoms with van der Waals surface area (Å²) in [6.45, 7) is 1.78. The lowest BCUT2D eigenvalue weighted by Gasteiger charge is -2.27. The molecule has 31 heavy (non-hydrogen) atoms. The van der Waals surface area contributed by atoms with Crippen LogP contribution < -0.4 is 4.72 Å². The van der Waals surface area contributed by atoms with E-state index >= 15 is 0 Å². The predicted octanol–water partition coefficient (Wildman–Crippen LogP) is 4.90. The van der Waals surface area contributed by atoms with Crippen molar-refractivity contribution < 1.29 is 13.2 Å². The molecule has 1 aliphatic heterocycles. The molecule has 0 radical (unpaired) electrons. The smallest absolute Gasteiger partial charge is 0.255 e. The number of nitrogens with one attached hydrogen (secondary N) is 1. The number of carbonyl (C=O) groups excluding carboxylic acids is 1. The second-order valence-electron chi connectivity index (χ2n) is 7.29. The van der Waals surface area contributed by atoms with E-state index in [1.54, 1.807) is 23.9 Å². The van der Waals surface area contributed by atoms with Crippen molar-refractivity contribution in [2.24, 2.45) is 0 Å². The van der Waals surface area contributed by atoms with Gasteiger partial charge in [0.05, 0.1) is 10.5 Å². The lowest BCUT2D eigenvalue weighted by atomic mass is 10.1. The number of carbonyl (C=O) groups is 1. The van der Waals surface area contributed by atoms with Crippen molar-refractivity contribution >= 4 is 51.1 Å². The van der Waals surface area contributed by atoms with E-state index in [0.717, 1.165) is 48.6 Å². The molecule has 0 aromatic heterocycles. The quantitative estimate of drug-likeness (QED) is 0.393. The number of benzene rings is 2. The molecule has 2 aromatic carbocycles. The molecular formula is C22H27ClN2O3S3. The number of likely N-dealkylation sites (tertiary alicyclic amines) is 1. The minimum absolute atomic E-state index is 0.0837. The van der Waals surface area contributed by atoms with E-state index in [1.807, 2.05) is 35.4 Å². The maximum atomic E-state index is 13.0. The number of nitrogens with zero attached hydrogens (tertiary/aromatic N) is 1. The Labute approximate surface area is 198 Å². The van der Waals surface area contributed by atoms with Crippen molar-refractivity contribution in [3.8, 4) is 0 Å². The summed E-state index contributed by atoms with van der Waals surface area (Å²) < 4.78 is 28.2. The van der Waals surface area contributed by atoms with Gasteiger partial charge in [0.15, 0.2) is 0 Å². The zero-order valence-electron chi connectivity index (χ0n) is 17.5. The lowest BCUT2D eigenvalue weighted by Crippen LogP contribution is -2.36. The van der Waals surface area contributed by atoms with Crippen LogP contribution >= 0.6 is 35.1 Å². The van der Waals surface area contributed by atoms with E-state index in [9.17, 15) is 13.2 Å². The number of amides is 1. The molecule has 1 heterocycles. The summed E-state index contributed by atoms with van der Waals surface area (Å²) >= 11 is 8.99. The molecular weight excluding hydrogens is 472 g/mol. The third kappa shape index (κ3) is 6.89. The standard InChI is InChI=1S/C22H27ClN2O3S3/c1-29-21-10-9-19(15-20(21)22(26)25-12-3-2-4-13-25)31(27,28)24-11-14-30-16-17-5-7-18(23)8-6-17/h5-10,15,24H,2-4,11-14,16H2,1H3. The molecule has 1 aliphatic rings. The first kappa shape index (κ1) is 24.5. The lowest BCUT2D eigenvalue weighted by molar-refractivity contribution is 0.0720. The van der Waals surface area contributed by atoms with Crippen molar-refractivity contribution in [3.63, 3.8) is 0 Å². The summed E-state index contributed by atoms with van der Waals surface area (Å²) in [4.78, 5) is 15.8. The summed E-state index contributed by atoms with van der Waals surface area (Å²) in [5.74, 6) is 1.35. The number of sulfonamides is 1. The van der Waals surface area contributed by atoms with Crippen LogP contribution in [0.4, 0.5) is 0 Å². The molecule has 2 aromatic rings. The molecule has 9 heteroatoms. The molecule has 5 nitrogen and oxygen atoms in total. The molecule has 0 bridgehead atoms. The monoisotopic (exact) mass is 498 g/mol. The van der Waals surface area contributed by atoms with E-state index in [4.69, 9.17) is 11.6 Å². The Morgan fingerprint density at radius 2 is 1.81 bits per heavy atom. The van der Waals surface area contributed by atoms with Gasteiger partial charge >= 0.3 is 0 Å². The predicted molar refractivity (Wildman–Crippen MR) is 131 cm³/mol. The second-order valence-corrected chi connectivity index (χ2v) is 11.4. The maximum Gasteiger partial charge on any atom is 0.255 e. The van der Waals surface area contributed by atoms with Crippen LogP contribution in [0.25, 0.3) is 0 Å². The summed E-state index contributed by atoms with van der Waals surface area (Å²) in [7, 11) is -3.68. The Bertz CT molecular complexity index is 992. The van der Waals surface area contributed by atoms with Gasteiger partial charge in [0.1, 0.15) is 0 Å². The van der Waals surface area contributed by atoms with Crippen molar-refractivity contribution in [2.45, 2.75) is 34.8 Å². The molecule has 0 atom stereocenters. The van der Waals surface area contributed by atoms with Gasteiger partial charge in [-0.2, -0.15) is 11.8 Å². The fourth-order valence-electron chi connectivity index (χ4n) is 3.39. The Kier molecular flexibility index (Phi) is 9.16. The van der Waals surface area contributed by atoms with Crippen LogP contribution in [0.2, 0.25) is 5.02 Å². The highest BCUT2D eigenvalue weighted by atomic mass is 35.5. The van der Waals surface area contributed by atoms with E-state index in [1.165, 1.54) is 17.8 Å². The minimum atomic E-state index is -3.68. The third-order valence-electron chi connectivity index (χ3n) is 5.08. The van der Waals surface area contributed by atoms with Crippen LogP contribution in [0, 0.1) is 0 Å². The van der Waals surface area contributed by atoms with Crippen LogP contribution in [0.1, 0.15) is 35.2 Å². The second kappa shape index (κ2) is 11.6. The highest BCUT2D eigenvalue weighted by Crippen LogP contribution is 2.26. The Hall–Kier alpha value is -1.19. The first-order valence-electron chi connectivity index (χ1n) is 10.2. The van der Waals surface area contributed by atoms with E-state index in [2.05, 4.69) is 4.72 Å². The molecule has 0 spiro atoms. The van der Waals surface area contributed by atoms with Gasteiger partial charge in [0.2, 0.25) is 10.0 Å². The van der Waals surface area contributed by atoms with Gasteiger partial charge in [-0.3, -0.25) is 4.79 Å². The number of halogens is 1. The first-order valence-corrected chi connectivity index (χ1v) is 14.4. The van der Waals surface area contributed by atoms with Crippen LogP contribution in [0.15, 0.2) is 52.3 Å². The molecule has 1 amide bonds. The zero-order valence-corrected chi connectivity index (χ0v) is 20.7. The largest absolute Gasteiger partial charge is 0.339 e. The average Bonchev–Trinajstić information content (AvgIpc) is 2.79. The van der Waals surface area contributed by atoms with Crippen LogP contribution in [-0.4, -0.2) is 50.9 Å². The molecule has 0 unspecified atom stereocenters. The Morgan fingerprint density at radius 1 is 1.10 bits per heavy atom. The third-order valence-corrected chi connectivity index (χ3v) is 8.61. The van der Waals surface area contributed by atoms with Gasteiger partial charge in [-0.05, 0) is 61.4 Å². The molecule has 1 fully saturated rings. The summed E-state index contributed by atoms with van der Waals surface area (Å²) in [6.07, 6.45) is 5.02. The normalized spacial score (nSPS) is 14.6. The number of hydrogen-bond donors (Lipinski definition) is 1. The van der Waals surface area contributed by atoms with Crippen LogP contribution in [0.5, 0.6) is 0 Å². The molecule has 1 saturated heterocycles. The molecule has 168 valence electrons. The van der Waals surface area contributed by atoms with Crippen molar-refractivity contribution in [1.82, 2.24) is 9.62 Å². The van der Waals surface area contributed by atoms with Crippen molar-refractivity contribution in [2.75, 3.05) is 31.6 Å². The molecule has 0 aliphatic carbocycles. The number of rotatable bonds is 9. The zero-order chi connectivity index (χ0) is 22.3. The van der Waals surface area contributed by atoms with Crippen LogP contribution in [-0.2, 0) is 15.8 Å². The van der Waals surface area contributed by atoms with E-state index in [0.29, 0.717) is 22.9 Å². The summed E-state index contributed by atoms with van der Waals surface area (Å²) in [5.41, 5.74) is 1.61. The van der Waals surface area contributed by atoms with Crippen molar-refractivity contribution in [3.05, 3.63) is 58.6 Å². The highest BCUT2D eigenvalue weighted by molar-refractivity contribution is 7.98. The SMILES string of the molecule is CSc1ccc(S(=O)(=O)NCCSCc2ccc(Cl)cc2)cc1C(=O)N1CCCCC1. The van der Waals surface area contributed by atoms with E-state index in [-0.39, 0.29) is 10.8 Å². The number of thioether (sulfide) groups is 2. The van der Waals surface area contributed by atoms with Gasteiger partial charge in [-0.15, -0.1) is 11.8 Å². The van der Waals surface area contributed by atoms with Gasteiger partial charge < -0.3 is 4.90 Å². The summed E-state index contributed by atoms with van der Waals surface area (Å²) in [6, 6.07) is 12.4. The minimum Gasteiger partial charge on any atom is -0.339 e. The Balaban J connectivity index is 1.60. The van der Waals surface area contributed by atoms with E-state index < -0.39 is 10.0 Å². The van der Waals surface area contributed by atoms with Gasteiger partial charge in [0.25, 0.3) is 5.91 Å². The van der Waals surface area contributed by atoms with Crippen LogP contribution in [0.3, 0.4) is 0 Å². The topological polar surface area (TPSA) is 66.5 Å². The fourth-order valence-corrected chi connectivity index (χ4v) is 6.09. The summed E-state index contributed by atoms with van der Waals surface area (Å²) in [5, 5.41) is 0.701. The molecule has 1 N–H and O–H groups in total. The number of hydrogen-bond acceptors (Lipinski definition) is 5. The van der Waals surface area contributed by atoms with Crippen molar-refractivity contribution in [1.29, 1.82) is 0 Å². The molecule has 0 saturated carbocycles. The number of piperidine rings is 1. The first-order chi connectivity index (χ1) is 14.9. The fraction of sp³-hybridized carbons (Fsp3) is 0.409. The van der Waals surface area contributed by atoms with Gasteiger partial charge in [-0.25, -0.2) is 13.1 Å². The van der Waals surface area contributed by atoms with Gasteiger partial charge in [-0.1, -0.05) is 23.7 Å².